The third kappa shape index (κ3) is 4.60. The van der Waals surface area contributed by atoms with Crippen LogP contribution in [0.4, 0.5) is 0 Å². The van der Waals surface area contributed by atoms with Gasteiger partial charge in [-0.3, -0.25) is 4.79 Å². The average molecular weight is 412 g/mol. The Labute approximate surface area is 176 Å². The maximum atomic E-state index is 12.2. The number of fused-ring (bicyclic) bond motifs is 1. The van der Waals surface area contributed by atoms with Crippen molar-refractivity contribution in [2.45, 2.75) is 33.0 Å². The topological polar surface area (TPSA) is 87.0 Å². The molecule has 0 aliphatic carbocycles. The lowest BCUT2D eigenvalue weighted by molar-refractivity contribution is -0.127. The lowest BCUT2D eigenvalue weighted by atomic mass is 10.1. The van der Waals surface area contributed by atoms with Crippen LogP contribution in [0.15, 0.2) is 30.3 Å². The predicted molar refractivity (Wildman–Crippen MR) is 114 cm³/mol. The van der Waals surface area contributed by atoms with Crippen molar-refractivity contribution in [1.29, 1.82) is 0 Å². The van der Waals surface area contributed by atoms with Crippen molar-refractivity contribution < 1.29 is 19.0 Å². The fraction of sp³-hybridized carbons (Fsp3) is 0.409. The number of amides is 1. The molecular formula is C22H28N4O4. The minimum absolute atomic E-state index is 0.0665. The highest BCUT2D eigenvalue weighted by atomic mass is 16.7. The fourth-order valence-corrected chi connectivity index (χ4v) is 3.46. The zero-order valence-corrected chi connectivity index (χ0v) is 18.1. The first-order valence-electron chi connectivity index (χ1n) is 9.80. The van der Waals surface area contributed by atoms with Gasteiger partial charge in [0.2, 0.25) is 5.91 Å². The first kappa shape index (κ1) is 21.7. The summed E-state index contributed by atoms with van der Waals surface area (Å²) in [6.07, 6.45) is 0.462. The molecule has 0 aliphatic heterocycles. The molecule has 8 heteroatoms. The summed E-state index contributed by atoms with van der Waals surface area (Å²) < 4.78 is 17.5. The molecule has 3 aromatic rings. The van der Waals surface area contributed by atoms with E-state index in [-0.39, 0.29) is 5.91 Å². The number of carbonyl (C=O) groups is 1. The van der Waals surface area contributed by atoms with Gasteiger partial charge in [0, 0.05) is 43.7 Å². The van der Waals surface area contributed by atoms with Crippen LogP contribution in [0, 0.1) is 13.8 Å². The minimum Gasteiger partial charge on any atom is -0.496 e. The van der Waals surface area contributed by atoms with Gasteiger partial charge in [0.25, 0.3) is 0 Å². The number of para-hydroxylation sites is 1. The fourth-order valence-electron chi connectivity index (χ4n) is 3.46. The lowest BCUT2D eigenvalue weighted by Crippen LogP contribution is -2.34. The van der Waals surface area contributed by atoms with Crippen molar-refractivity contribution in [2.24, 2.45) is 0 Å². The highest BCUT2D eigenvalue weighted by Gasteiger charge is 2.16. The van der Waals surface area contributed by atoms with Crippen LogP contribution in [0.2, 0.25) is 0 Å². The summed E-state index contributed by atoms with van der Waals surface area (Å²) >= 11 is 0. The van der Waals surface area contributed by atoms with E-state index in [0.29, 0.717) is 19.4 Å². The van der Waals surface area contributed by atoms with E-state index >= 15 is 0 Å². The SMILES string of the molecule is COc1ccccc1-c1cc2nc(C)c(CCC(=O)NCC(OC)OC)c(C)n2n1. The number of rotatable bonds is 9. The van der Waals surface area contributed by atoms with E-state index in [4.69, 9.17) is 24.3 Å². The molecule has 0 saturated carbocycles. The van der Waals surface area contributed by atoms with Crippen LogP contribution < -0.4 is 10.1 Å². The number of nitrogens with one attached hydrogen (secondary N) is 1. The van der Waals surface area contributed by atoms with Crippen molar-refractivity contribution in [2.75, 3.05) is 27.9 Å². The van der Waals surface area contributed by atoms with Gasteiger partial charge < -0.3 is 19.5 Å². The smallest absolute Gasteiger partial charge is 0.220 e. The largest absolute Gasteiger partial charge is 0.496 e. The number of ether oxygens (including phenoxy) is 3. The summed E-state index contributed by atoms with van der Waals surface area (Å²) in [7, 11) is 4.72. The number of hydrogen-bond acceptors (Lipinski definition) is 6. The number of methoxy groups -OCH3 is 3. The van der Waals surface area contributed by atoms with Gasteiger partial charge in [0.15, 0.2) is 11.9 Å². The second-order valence-electron chi connectivity index (χ2n) is 6.97. The van der Waals surface area contributed by atoms with Crippen molar-refractivity contribution in [1.82, 2.24) is 19.9 Å². The molecule has 0 aliphatic rings. The highest BCUT2D eigenvalue weighted by Crippen LogP contribution is 2.29. The number of benzene rings is 1. The third-order valence-corrected chi connectivity index (χ3v) is 5.14. The molecule has 0 saturated heterocycles. The van der Waals surface area contributed by atoms with Crippen molar-refractivity contribution >= 4 is 11.6 Å². The molecule has 0 fully saturated rings. The van der Waals surface area contributed by atoms with Crippen molar-refractivity contribution in [3.63, 3.8) is 0 Å². The Morgan fingerprint density at radius 3 is 2.60 bits per heavy atom. The summed E-state index contributed by atoms with van der Waals surface area (Å²) in [4.78, 5) is 16.9. The minimum atomic E-state index is -0.451. The Bertz CT molecular complexity index is 1030. The van der Waals surface area contributed by atoms with Crippen molar-refractivity contribution in [3.8, 4) is 17.0 Å². The Morgan fingerprint density at radius 1 is 1.17 bits per heavy atom. The highest BCUT2D eigenvalue weighted by molar-refractivity contribution is 5.76. The van der Waals surface area contributed by atoms with E-state index in [0.717, 1.165) is 39.6 Å². The van der Waals surface area contributed by atoms with Gasteiger partial charge in [0.1, 0.15) is 5.75 Å². The first-order valence-corrected chi connectivity index (χ1v) is 9.80. The summed E-state index contributed by atoms with van der Waals surface area (Å²) in [5, 5.41) is 7.57. The van der Waals surface area contributed by atoms with E-state index in [1.54, 1.807) is 7.11 Å². The van der Waals surface area contributed by atoms with Gasteiger partial charge in [-0.1, -0.05) is 12.1 Å². The summed E-state index contributed by atoms with van der Waals surface area (Å²) in [6.45, 7) is 4.27. The van der Waals surface area contributed by atoms with Crippen molar-refractivity contribution in [3.05, 3.63) is 47.3 Å². The van der Waals surface area contributed by atoms with Gasteiger partial charge in [-0.15, -0.1) is 0 Å². The molecule has 1 aromatic carbocycles. The molecule has 8 nitrogen and oxygen atoms in total. The maximum absolute atomic E-state index is 12.2. The number of nitrogens with zero attached hydrogens (tertiary/aromatic N) is 3. The molecule has 30 heavy (non-hydrogen) atoms. The molecule has 0 unspecified atom stereocenters. The lowest BCUT2D eigenvalue weighted by Gasteiger charge is -2.14. The summed E-state index contributed by atoms with van der Waals surface area (Å²) in [6, 6.07) is 9.71. The van der Waals surface area contributed by atoms with E-state index < -0.39 is 6.29 Å². The second kappa shape index (κ2) is 9.69. The van der Waals surface area contributed by atoms with Gasteiger partial charge in [-0.05, 0) is 38.0 Å². The molecule has 1 N–H and O–H groups in total. The zero-order chi connectivity index (χ0) is 21.7. The summed E-state index contributed by atoms with van der Waals surface area (Å²) in [5.74, 6) is 0.695. The van der Waals surface area contributed by atoms with Crippen LogP contribution in [0.1, 0.15) is 23.4 Å². The molecule has 160 valence electrons. The molecule has 0 atom stereocenters. The van der Waals surface area contributed by atoms with E-state index in [9.17, 15) is 4.79 Å². The van der Waals surface area contributed by atoms with E-state index in [1.165, 1.54) is 14.2 Å². The maximum Gasteiger partial charge on any atom is 0.220 e. The molecular weight excluding hydrogens is 384 g/mol. The summed E-state index contributed by atoms with van der Waals surface area (Å²) in [5.41, 5.74) is 5.35. The molecule has 0 bridgehead atoms. The molecule has 1 amide bonds. The predicted octanol–water partition coefficient (Wildman–Crippen LogP) is 2.69. The van der Waals surface area contributed by atoms with Crippen LogP contribution in [-0.2, 0) is 20.7 Å². The molecule has 3 rings (SSSR count). The standard InChI is InChI=1S/C22H28N4O4/c1-14-16(10-11-21(27)23-13-22(29-4)30-5)15(2)26-20(24-14)12-18(25-26)17-8-6-7-9-19(17)28-3/h6-9,12,22H,10-11,13H2,1-5H3,(H,23,27). The first-order chi connectivity index (χ1) is 14.5. The van der Waals surface area contributed by atoms with Crippen LogP contribution in [0.3, 0.4) is 0 Å². The molecule has 2 heterocycles. The molecule has 2 aromatic heterocycles. The number of carbonyl (C=O) groups excluding carboxylic acids is 1. The third-order valence-electron chi connectivity index (χ3n) is 5.14. The van der Waals surface area contributed by atoms with Gasteiger partial charge in [-0.2, -0.15) is 5.10 Å². The van der Waals surface area contributed by atoms with E-state index in [2.05, 4.69) is 5.32 Å². The molecule has 0 radical (unpaired) electrons. The van der Waals surface area contributed by atoms with Gasteiger partial charge in [-0.25, -0.2) is 9.50 Å². The Balaban J connectivity index is 1.81. The van der Waals surface area contributed by atoms with Crippen LogP contribution in [0.25, 0.3) is 16.9 Å². The van der Waals surface area contributed by atoms with Crippen LogP contribution in [0.5, 0.6) is 5.75 Å². The average Bonchev–Trinajstić information content (AvgIpc) is 3.18. The second-order valence-corrected chi connectivity index (χ2v) is 6.97. The quantitative estimate of drug-likeness (QED) is 0.544. The molecule has 0 spiro atoms. The Kier molecular flexibility index (Phi) is 7.02. The van der Waals surface area contributed by atoms with Gasteiger partial charge >= 0.3 is 0 Å². The van der Waals surface area contributed by atoms with Gasteiger partial charge in [0.05, 0.1) is 19.3 Å². The van der Waals surface area contributed by atoms with Crippen LogP contribution >= 0.6 is 0 Å². The Morgan fingerprint density at radius 2 is 1.90 bits per heavy atom. The zero-order valence-electron chi connectivity index (χ0n) is 18.1. The monoisotopic (exact) mass is 412 g/mol. The number of aromatic nitrogens is 3. The van der Waals surface area contributed by atoms with Crippen LogP contribution in [-0.4, -0.2) is 54.7 Å². The Hall–Kier alpha value is -2.97. The normalized spacial score (nSPS) is 11.3. The number of aryl methyl sites for hydroxylation is 2. The van der Waals surface area contributed by atoms with E-state index in [1.807, 2.05) is 48.7 Å². The number of hydrogen-bond donors (Lipinski definition) is 1.